The first-order valence-electron chi connectivity index (χ1n) is 8.04. The number of hydrogen-bond acceptors (Lipinski definition) is 5. The maximum absolute atomic E-state index is 12.3. The van der Waals surface area contributed by atoms with Gasteiger partial charge in [-0.05, 0) is 51.0 Å². The number of rotatable bonds is 5. The highest BCUT2D eigenvalue weighted by atomic mass is 16.6. The van der Waals surface area contributed by atoms with E-state index < -0.39 is 22.9 Å². The molecule has 0 bridgehead atoms. The molecule has 7 nitrogen and oxygen atoms in total. The maximum atomic E-state index is 12.3. The SMILES string of the molecule is Cc1cccc(NC(=O)C(C)OC(=O)c2cccc([N+](=O)[O-])c2C)c1C. The van der Waals surface area contributed by atoms with Crippen LogP contribution in [0.3, 0.4) is 0 Å². The van der Waals surface area contributed by atoms with E-state index >= 15 is 0 Å². The van der Waals surface area contributed by atoms with Gasteiger partial charge in [-0.3, -0.25) is 14.9 Å². The molecule has 1 atom stereocenters. The van der Waals surface area contributed by atoms with Crippen molar-refractivity contribution in [3.8, 4) is 0 Å². The number of amides is 1. The lowest BCUT2D eigenvalue weighted by Gasteiger charge is -2.16. The van der Waals surface area contributed by atoms with Gasteiger partial charge in [-0.2, -0.15) is 0 Å². The Labute approximate surface area is 151 Å². The van der Waals surface area contributed by atoms with Crippen molar-refractivity contribution >= 4 is 23.3 Å². The molecule has 0 radical (unpaired) electrons. The van der Waals surface area contributed by atoms with E-state index in [9.17, 15) is 19.7 Å². The molecular weight excluding hydrogens is 336 g/mol. The van der Waals surface area contributed by atoms with Gasteiger partial charge in [0.1, 0.15) is 0 Å². The molecule has 0 aliphatic rings. The van der Waals surface area contributed by atoms with Crippen molar-refractivity contribution in [1.82, 2.24) is 0 Å². The predicted octanol–water partition coefficient (Wildman–Crippen LogP) is 3.70. The van der Waals surface area contributed by atoms with Crippen molar-refractivity contribution in [1.29, 1.82) is 0 Å². The Balaban J connectivity index is 2.12. The lowest BCUT2D eigenvalue weighted by atomic mass is 10.1. The molecular formula is C19H20N2O5. The molecule has 0 saturated carbocycles. The molecule has 2 aromatic carbocycles. The van der Waals surface area contributed by atoms with Gasteiger partial charge < -0.3 is 10.1 Å². The number of carbonyl (C=O) groups is 2. The second kappa shape index (κ2) is 7.77. The van der Waals surface area contributed by atoms with Crippen LogP contribution < -0.4 is 5.32 Å². The van der Waals surface area contributed by atoms with Crippen LogP contribution in [0.2, 0.25) is 0 Å². The zero-order valence-corrected chi connectivity index (χ0v) is 15.0. The van der Waals surface area contributed by atoms with Crippen LogP contribution in [-0.2, 0) is 9.53 Å². The summed E-state index contributed by atoms with van der Waals surface area (Å²) in [7, 11) is 0. The molecule has 136 valence electrons. The quantitative estimate of drug-likeness (QED) is 0.500. The topological polar surface area (TPSA) is 98.5 Å². The summed E-state index contributed by atoms with van der Waals surface area (Å²) in [5.74, 6) is -1.26. The number of ether oxygens (including phenoxy) is 1. The standard InChI is InChI=1S/C19H20N2O5/c1-11-7-5-9-16(12(11)2)20-18(22)14(4)26-19(23)15-8-6-10-17(13(15)3)21(24)25/h5-10,14H,1-4H3,(H,20,22). The average molecular weight is 356 g/mol. The van der Waals surface area contributed by atoms with Crippen LogP contribution in [0.15, 0.2) is 36.4 Å². The Kier molecular flexibility index (Phi) is 5.71. The van der Waals surface area contributed by atoms with Gasteiger partial charge in [-0.1, -0.05) is 18.2 Å². The molecule has 1 N–H and O–H groups in total. The highest BCUT2D eigenvalue weighted by molar-refractivity contribution is 5.98. The molecule has 0 aliphatic heterocycles. The number of esters is 1. The lowest BCUT2D eigenvalue weighted by molar-refractivity contribution is -0.385. The Morgan fingerprint density at radius 3 is 2.38 bits per heavy atom. The number of nitro groups is 1. The van der Waals surface area contributed by atoms with Crippen molar-refractivity contribution in [2.75, 3.05) is 5.32 Å². The van der Waals surface area contributed by atoms with E-state index in [-0.39, 0.29) is 16.8 Å². The number of nitrogens with one attached hydrogen (secondary N) is 1. The van der Waals surface area contributed by atoms with Crippen LogP contribution in [0.25, 0.3) is 0 Å². The number of hydrogen-bond donors (Lipinski definition) is 1. The third-order valence-electron chi connectivity index (χ3n) is 4.24. The summed E-state index contributed by atoms with van der Waals surface area (Å²) in [5, 5.41) is 13.7. The number of nitrogens with zero attached hydrogens (tertiary/aromatic N) is 1. The van der Waals surface area contributed by atoms with Crippen molar-refractivity contribution in [3.05, 3.63) is 68.8 Å². The number of aryl methyl sites for hydroxylation is 1. The van der Waals surface area contributed by atoms with E-state index in [1.54, 1.807) is 6.07 Å². The highest BCUT2D eigenvalue weighted by Crippen LogP contribution is 2.22. The first-order valence-corrected chi connectivity index (χ1v) is 8.04. The summed E-state index contributed by atoms with van der Waals surface area (Å²) in [6.07, 6.45) is -1.05. The normalized spacial score (nSPS) is 11.5. The predicted molar refractivity (Wildman–Crippen MR) is 97.3 cm³/mol. The summed E-state index contributed by atoms with van der Waals surface area (Å²) in [6.45, 7) is 6.73. The first-order chi connectivity index (χ1) is 12.2. The molecule has 0 aliphatic carbocycles. The second-order valence-electron chi connectivity index (χ2n) is 5.99. The summed E-state index contributed by atoms with van der Waals surface area (Å²) in [6, 6.07) is 9.66. The van der Waals surface area contributed by atoms with E-state index in [0.29, 0.717) is 5.69 Å². The smallest absolute Gasteiger partial charge is 0.339 e. The Bertz CT molecular complexity index is 876. The monoisotopic (exact) mass is 356 g/mol. The van der Waals surface area contributed by atoms with Crippen LogP contribution >= 0.6 is 0 Å². The lowest BCUT2D eigenvalue weighted by Crippen LogP contribution is -2.30. The van der Waals surface area contributed by atoms with E-state index in [2.05, 4.69) is 5.32 Å². The summed E-state index contributed by atoms with van der Waals surface area (Å²) < 4.78 is 5.18. The number of benzene rings is 2. The molecule has 0 fully saturated rings. The minimum absolute atomic E-state index is 0.0607. The molecule has 2 aromatic rings. The minimum atomic E-state index is -1.05. The van der Waals surface area contributed by atoms with Gasteiger partial charge in [0.2, 0.25) is 0 Å². The van der Waals surface area contributed by atoms with Crippen molar-refractivity contribution in [2.45, 2.75) is 33.8 Å². The van der Waals surface area contributed by atoms with Gasteiger partial charge in [0, 0.05) is 17.3 Å². The molecule has 26 heavy (non-hydrogen) atoms. The molecule has 0 saturated heterocycles. The zero-order chi connectivity index (χ0) is 19.4. The van der Waals surface area contributed by atoms with E-state index in [1.165, 1.54) is 32.0 Å². The molecule has 2 rings (SSSR count). The van der Waals surface area contributed by atoms with Crippen LogP contribution in [0.5, 0.6) is 0 Å². The molecule has 1 unspecified atom stereocenters. The fraction of sp³-hybridized carbons (Fsp3) is 0.263. The molecule has 7 heteroatoms. The largest absolute Gasteiger partial charge is 0.449 e. The van der Waals surface area contributed by atoms with Crippen molar-refractivity contribution in [2.24, 2.45) is 0 Å². The van der Waals surface area contributed by atoms with Gasteiger partial charge in [0.05, 0.1) is 10.5 Å². The zero-order valence-electron chi connectivity index (χ0n) is 15.0. The third-order valence-corrected chi connectivity index (χ3v) is 4.24. The number of nitro benzene ring substituents is 1. The fourth-order valence-corrected chi connectivity index (χ4v) is 2.44. The summed E-state index contributed by atoms with van der Waals surface area (Å²) >= 11 is 0. The molecule has 0 spiro atoms. The maximum Gasteiger partial charge on any atom is 0.339 e. The van der Waals surface area contributed by atoms with E-state index in [1.807, 2.05) is 26.0 Å². The first kappa shape index (κ1) is 19.1. The van der Waals surface area contributed by atoms with Crippen LogP contribution in [0.1, 0.15) is 34.0 Å². The summed E-state index contributed by atoms with van der Waals surface area (Å²) in [4.78, 5) is 35.0. The Morgan fingerprint density at radius 1 is 1.08 bits per heavy atom. The molecule has 0 heterocycles. The van der Waals surface area contributed by atoms with Gasteiger partial charge in [0.25, 0.3) is 11.6 Å². The van der Waals surface area contributed by atoms with Crippen LogP contribution in [-0.4, -0.2) is 22.9 Å². The molecule has 1 amide bonds. The molecule has 0 aromatic heterocycles. The summed E-state index contributed by atoms with van der Waals surface area (Å²) in [5.41, 5.74) is 2.68. The fourth-order valence-electron chi connectivity index (χ4n) is 2.44. The van der Waals surface area contributed by atoms with E-state index in [4.69, 9.17) is 4.74 Å². The number of anilines is 1. The number of carbonyl (C=O) groups excluding carboxylic acids is 2. The Morgan fingerprint density at radius 2 is 1.73 bits per heavy atom. The second-order valence-corrected chi connectivity index (χ2v) is 5.99. The van der Waals surface area contributed by atoms with Crippen LogP contribution in [0.4, 0.5) is 11.4 Å². The van der Waals surface area contributed by atoms with E-state index in [0.717, 1.165) is 11.1 Å². The average Bonchev–Trinajstić information content (AvgIpc) is 2.58. The highest BCUT2D eigenvalue weighted by Gasteiger charge is 2.23. The minimum Gasteiger partial charge on any atom is -0.449 e. The van der Waals surface area contributed by atoms with Gasteiger partial charge in [-0.25, -0.2) is 4.79 Å². The van der Waals surface area contributed by atoms with Crippen LogP contribution in [0, 0.1) is 30.9 Å². The van der Waals surface area contributed by atoms with Gasteiger partial charge in [0.15, 0.2) is 6.10 Å². The van der Waals surface area contributed by atoms with Crippen molar-refractivity contribution in [3.63, 3.8) is 0 Å². The third kappa shape index (κ3) is 4.05. The van der Waals surface area contributed by atoms with Gasteiger partial charge in [-0.15, -0.1) is 0 Å². The van der Waals surface area contributed by atoms with Crippen molar-refractivity contribution < 1.29 is 19.2 Å². The van der Waals surface area contributed by atoms with Gasteiger partial charge >= 0.3 is 5.97 Å². The Hall–Kier alpha value is -3.22.